The molecule has 0 bridgehead atoms. The molecule has 0 aliphatic carbocycles. The van der Waals surface area contributed by atoms with Crippen LogP contribution in [-0.4, -0.2) is 114 Å². The average Bonchev–Trinajstić information content (AvgIpc) is 3.41. The summed E-state index contributed by atoms with van der Waals surface area (Å²) in [5, 5.41) is 8.22. The van der Waals surface area contributed by atoms with Crippen LogP contribution in [0.1, 0.15) is 71.2 Å². The van der Waals surface area contributed by atoms with E-state index >= 15 is 0 Å². The summed E-state index contributed by atoms with van der Waals surface area (Å²) in [6, 6.07) is 4.51. The molecule has 10 nitrogen and oxygen atoms in total. The zero-order valence-corrected chi connectivity index (χ0v) is 27.9. The summed E-state index contributed by atoms with van der Waals surface area (Å²) in [6.45, 7) is 18.9. The maximum atomic E-state index is 14.3. The maximum Gasteiger partial charge on any atom is 0.282 e. The van der Waals surface area contributed by atoms with Gasteiger partial charge in [-0.05, 0) is 84.7 Å². The molecule has 44 heavy (non-hydrogen) atoms. The first-order valence-corrected chi connectivity index (χ1v) is 16.1. The van der Waals surface area contributed by atoms with Gasteiger partial charge in [-0.2, -0.15) is 0 Å². The van der Waals surface area contributed by atoms with Crippen molar-refractivity contribution in [3.05, 3.63) is 35.9 Å². The molecule has 244 valence electrons. The van der Waals surface area contributed by atoms with E-state index in [9.17, 15) is 9.18 Å². The van der Waals surface area contributed by atoms with Gasteiger partial charge in [0.1, 0.15) is 17.9 Å². The van der Waals surface area contributed by atoms with Crippen LogP contribution >= 0.6 is 0 Å². The van der Waals surface area contributed by atoms with Crippen molar-refractivity contribution in [2.45, 2.75) is 79.0 Å². The van der Waals surface area contributed by atoms with Crippen molar-refractivity contribution < 1.29 is 18.7 Å². The number of halogens is 1. The molecule has 2 aliphatic rings. The minimum absolute atomic E-state index is 0.0402. The van der Waals surface area contributed by atoms with Crippen molar-refractivity contribution in [1.82, 2.24) is 29.9 Å². The smallest absolute Gasteiger partial charge is 0.282 e. The van der Waals surface area contributed by atoms with E-state index in [-0.39, 0.29) is 40.7 Å². The molecule has 4 rings (SSSR count). The lowest BCUT2D eigenvalue weighted by atomic mass is 9.76. The van der Waals surface area contributed by atoms with Crippen molar-refractivity contribution >= 4 is 11.7 Å². The van der Waals surface area contributed by atoms with E-state index in [4.69, 9.17) is 9.47 Å². The number of hydrogen-bond donors (Lipinski definition) is 0. The summed E-state index contributed by atoms with van der Waals surface area (Å²) in [6.07, 6.45) is 5.08. The minimum atomic E-state index is -0.499. The van der Waals surface area contributed by atoms with Crippen LogP contribution in [-0.2, 0) is 4.74 Å². The van der Waals surface area contributed by atoms with E-state index < -0.39 is 5.82 Å². The Bertz CT molecular complexity index is 1240. The Morgan fingerprint density at radius 2 is 1.91 bits per heavy atom. The highest BCUT2D eigenvalue weighted by atomic mass is 19.1. The van der Waals surface area contributed by atoms with Crippen LogP contribution in [0.2, 0.25) is 0 Å². The van der Waals surface area contributed by atoms with Gasteiger partial charge < -0.3 is 24.2 Å². The number of amides is 1. The number of rotatable bonds is 15. The van der Waals surface area contributed by atoms with Gasteiger partial charge in [-0.15, -0.1) is 10.2 Å². The number of nitrogens with zero attached hydrogens (tertiary/aromatic N) is 7. The van der Waals surface area contributed by atoms with E-state index in [1.165, 1.54) is 37.4 Å². The quantitative estimate of drug-likeness (QED) is 0.277. The summed E-state index contributed by atoms with van der Waals surface area (Å²) >= 11 is 0. The van der Waals surface area contributed by atoms with E-state index in [1.54, 1.807) is 12.0 Å². The number of carbonyl (C=O) groups excluding carboxylic acids is 1. The summed E-state index contributed by atoms with van der Waals surface area (Å²) in [7, 11) is 3.94. The first kappa shape index (κ1) is 34.0. The molecule has 0 N–H and O–H groups in total. The molecule has 0 unspecified atom stereocenters. The third-order valence-corrected chi connectivity index (χ3v) is 9.24. The molecule has 2 atom stereocenters. The fourth-order valence-corrected chi connectivity index (χ4v) is 6.84. The highest BCUT2D eigenvalue weighted by Gasteiger charge is 2.50. The monoisotopic (exact) mass is 613 g/mol. The molecule has 11 heteroatoms. The Labute approximate surface area is 262 Å². The van der Waals surface area contributed by atoms with Crippen LogP contribution < -0.4 is 9.64 Å². The first-order valence-electron chi connectivity index (χ1n) is 16.1. The first-order chi connectivity index (χ1) is 21.0. The normalized spacial score (nSPS) is 17.9. The van der Waals surface area contributed by atoms with Gasteiger partial charge in [0.15, 0.2) is 5.82 Å². The lowest BCUT2D eigenvalue weighted by Crippen LogP contribution is -2.62. The molecule has 0 saturated carbocycles. The zero-order valence-electron chi connectivity index (χ0n) is 27.9. The van der Waals surface area contributed by atoms with Gasteiger partial charge in [0.05, 0.1) is 11.7 Å². The topological polar surface area (TPSA) is 87.2 Å². The number of methoxy groups -OCH3 is 1. The van der Waals surface area contributed by atoms with Crippen LogP contribution in [0.5, 0.6) is 11.6 Å². The molecule has 0 radical (unpaired) electrons. The van der Waals surface area contributed by atoms with Crippen LogP contribution in [0.15, 0.2) is 24.5 Å². The average molecular weight is 614 g/mol. The standard InChI is InChI=1S/C33H52FN7O3/c1-9-41(24(4)5)32(42)27-17-26(34)12-13-29(27)44-31-30(35-22-36-37-31)39-16-14-33(19-39)20-40(21-33)28(23(2)3)11-10-15-38(7)18-25(6)43-8/h12-13,17,22-25,28H,9-11,14-16,18-21H2,1-8H3/t25-,28-/m1/s1. The van der Waals surface area contributed by atoms with Gasteiger partial charge in [-0.3, -0.25) is 9.69 Å². The Kier molecular flexibility index (Phi) is 11.5. The van der Waals surface area contributed by atoms with Crippen LogP contribution in [0, 0.1) is 17.2 Å². The Morgan fingerprint density at radius 3 is 2.57 bits per heavy atom. The van der Waals surface area contributed by atoms with Crippen LogP contribution in [0.3, 0.4) is 0 Å². The number of hydrogen-bond acceptors (Lipinski definition) is 9. The van der Waals surface area contributed by atoms with Crippen molar-refractivity contribution in [2.75, 3.05) is 64.9 Å². The molecule has 1 amide bonds. The molecular formula is C33H52FN7O3. The zero-order chi connectivity index (χ0) is 32.0. The Morgan fingerprint density at radius 1 is 1.16 bits per heavy atom. The third-order valence-electron chi connectivity index (χ3n) is 9.24. The van der Waals surface area contributed by atoms with Crippen molar-refractivity contribution in [3.63, 3.8) is 0 Å². The van der Waals surface area contributed by atoms with E-state index in [0.717, 1.165) is 45.7 Å². The number of likely N-dealkylation sites (tertiary alicyclic amines) is 1. The van der Waals surface area contributed by atoms with Crippen LogP contribution in [0.25, 0.3) is 0 Å². The summed E-state index contributed by atoms with van der Waals surface area (Å²) in [4.78, 5) is 26.8. The second-order valence-corrected chi connectivity index (χ2v) is 13.4. The van der Waals surface area contributed by atoms with Gasteiger partial charge in [0, 0.05) is 63.9 Å². The number of aromatic nitrogens is 3. The molecular weight excluding hydrogens is 561 g/mol. The molecule has 2 fully saturated rings. The number of ether oxygens (including phenoxy) is 2. The fraction of sp³-hybridized carbons (Fsp3) is 0.697. The molecule has 2 aromatic rings. The highest BCUT2D eigenvalue weighted by Crippen LogP contribution is 2.44. The largest absolute Gasteiger partial charge is 0.434 e. The minimum Gasteiger partial charge on any atom is -0.434 e. The number of anilines is 1. The van der Waals surface area contributed by atoms with Crippen LogP contribution in [0.4, 0.5) is 10.2 Å². The Hall–Kier alpha value is -2.89. The summed E-state index contributed by atoms with van der Waals surface area (Å²) in [5.41, 5.74) is 0.361. The summed E-state index contributed by atoms with van der Waals surface area (Å²) < 4.78 is 25.9. The van der Waals surface area contributed by atoms with Crippen molar-refractivity contribution in [2.24, 2.45) is 11.3 Å². The number of benzene rings is 1. The maximum absolute atomic E-state index is 14.3. The molecule has 1 spiro atoms. The summed E-state index contributed by atoms with van der Waals surface area (Å²) in [5.74, 6) is 0.863. The van der Waals surface area contributed by atoms with Gasteiger partial charge in [-0.1, -0.05) is 13.8 Å². The Balaban J connectivity index is 1.41. The lowest BCUT2D eigenvalue weighted by molar-refractivity contribution is -0.0346. The second-order valence-electron chi connectivity index (χ2n) is 13.4. The predicted molar refractivity (Wildman–Crippen MR) is 171 cm³/mol. The molecule has 2 aliphatic heterocycles. The van der Waals surface area contributed by atoms with Gasteiger partial charge in [-0.25, -0.2) is 9.37 Å². The predicted octanol–water partition coefficient (Wildman–Crippen LogP) is 4.96. The second kappa shape index (κ2) is 14.9. The van der Waals surface area contributed by atoms with Gasteiger partial charge in [0.25, 0.3) is 11.8 Å². The third kappa shape index (κ3) is 8.03. The van der Waals surface area contributed by atoms with E-state index in [0.29, 0.717) is 24.3 Å². The van der Waals surface area contributed by atoms with E-state index in [2.05, 4.69) is 57.7 Å². The van der Waals surface area contributed by atoms with Gasteiger partial charge >= 0.3 is 0 Å². The van der Waals surface area contributed by atoms with E-state index in [1.807, 2.05) is 20.8 Å². The lowest BCUT2D eigenvalue weighted by Gasteiger charge is -2.53. The fourth-order valence-electron chi connectivity index (χ4n) is 6.84. The molecule has 3 heterocycles. The number of likely N-dealkylation sites (N-methyl/N-ethyl adjacent to an activating group) is 1. The molecule has 1 aromatic heterocycles. The SMILES string of the molecule is CCN(C(=O)c1cc(F)ccc1Oc1nncnc1N1CCC2(C1)CN([C@H](CCCN(C)C[C@@H](C)OC)C(C)C)C2)C(C)C. The van der Waals surface area contributed by atoms with Gasteiger partial charge in [0.2, 0.25) is 0 Å². The molecule has 1 aromatic carbocycles. The van der Waals surface area contributed by atoms with Crippen molar-refractivity contribution in [3.8, 4) is 11.6 Å². The highest BCUT2D eigenvalue weighted by molar-refractivity contribution is 5.97. The molecule has 2 saturated heterocycles. The number of carbonyl (C=O) groups is 1. The van der Waals surface area contributed by atoms with Crippen molar-refractivity contribution in [1.29, 1.82) is 0 Å².